The third kappa shape index (κ3) is 4.23. The molecule has 3 N–H and O–H groups in total. The standard InChI is InChI=1S/C17H17ClFN3O2/c1-10-12(17(24)20-2)4-3-5-15(10)21-9-16(23)22-11-6-7-14(19)13(18)8-11/h3-8,21H,9H2,1-2H3,(H,20,24)(H,22,23). The van der Waals surface area contributed by atoms with Crippen molar-refractivity contribution in [2.24, 2.45) is 0 Å². The number of halogens is 2. The van der Waals surface area contributed by atoms with Gasteiger partial charge in [0, 0.05) is 24.0 Å². The average molecular weight is 350 g/mol. The molecule has 0 aliphatic carbocycles. The molecule has 0 spiro atoms. The largest absolute Gasteiger partial charge is 0.376 e. The molecule has 7 heteroatoms. The van der Waals surface area contributed by atoms with E-state index in [0.29, 0.717) is 16.9 Å². The Bertz CT molecular complexity index is 780. The quantitative estimate of drug-likeness (QED) is 0.776. The molecule has 0 aromatic heterocycles. The molecule has 2 amide bonds. The van der Waals surface area contributed by atoms with E-state index in [9.17, 15) is 14.0 Å². The van der Waals surface area contributed by atoms with Gasteiger partial charge in [-0.05, 0) is 42.8 Å². The molecule has 0 saturated heterocycles. The average Bonchev–Trinajstić information content (AvgIpc) is 2.56. The van der Waals surface area contributed by atoms with Crippen LogP contribution in [0, 0.1) is 12.7 Å². The van der Waals surface area contributed by atoms with Gasteiger partial charge in [-0.2, -0.15) is 0 Å². The zero-order chi connectivity index (χ0) is 17.7. The first kappa shape index (κ1) is 17.7. The van der Waals surface area contributed by atoms with Gasteiger partial charge in [-0.25, -0.2) is 4.39 Å². The number of hydrogen-bond acceptors (Lipinski definition) is 3. The number of hydrogen-bond donors (Lipinski definition) is 3. The summed E-state index contributed by atoms with van der Waals surface area (Å²) in [7, 11) is 1.56. The smallest absolute Gasteiger partial charge is 0.251 e. The van der Waals surface area contributed by atoms with Crippen LogP contribution in [0.25, 0.3) is 0 Å². The van der Waals surface area contributed by atoms with E-state index in [1.807, 2.05) is 0 Å². The molecule has 0 bridgehead atoms. The second-order valence-electron chi connectivity index (χ2n) is 5.09. The minimum atomic E-state index is -0.547. The first-order valence-electron chi connectivity index (χ1n) is 7.23. The van der Waals surface area contributed by atoms with Crippen LogP contribution in [0.1, 0.15) is 15.9 Å². The molecule has 0 radical (unpaired) electrons. The van der Waals surface area contributed by atoms with Crippen molar-refractivity contribution >= 4 is 34.8 Å². The number of anilines is 2. The molecule has 126 valence electrons. The van der Waals surface area contributed by atoms with Crippen molar-refractivity contribution in [1.29, 1.82) is 0 Å². The molecule has 2 aromatic rings. The minimum absolute atomic E-state index is 0.00691. The summed E-state index contributed by atoms with van der Waals surface area (Å²) in [6.45, 7) is 1.79. The molecule has 0 atom stereocenters. The Morgan fingerprint density at radius 1 is 1.21 bits per heavy atom. The maximum absolute atomic E-state index is 13.1. The summed E-state index contributed by atoms with van der Waals surface area (Å²) in [5.74, 6) is -1.06. The second-order valence-corrected chi connectivity index (χ2v) is 5.50. The Balaban J connectivity index is 2.01. The highest BCUT2D eigenvalue weighted by Crippen LogP contribution is 2.20. The molecular formula is C17H17ClFN3O2. The summed E-state index contributed by atoms with van der Waals surface area (Å²) in [6.07, 6.45) is 0. The Kier molecular flexibility index (Phi) is 5.76. The fourth-order valence-electron chi connectivity index (χ4n) is 2.16. The molecule has 2 aromatic carbocycles. The van der Waals surface area contributed by atoms with Crippen LogP contribution in [0.3, 0.4) is 0 Å². The van der Waals surface area contributed by atoms with Crippen molar-refractivity contribution < 1.29 is 14.0 Å². The van der Waals surface area contributed by atoms with Crippen LogP contribution in [-0.4, -0.2) is 25.4 Å². The molecule has 24 heavy (non-hydrogen) atoms. The Labute approximate surface area is 144 Å². The van der Waals surface area contributed by atoms with E-state index >= 15 is 0 Å². The fraction of sp³-hybridized carbons (Fsp3) is 0.176. The summed E-state index contributed by atoms with van der Waals surface area (Å²) in [4.78, 5) is 23.7. The van der Waals surface area contributed by atoms with E-state index in [-0.39, 0.29) is 23.4 Å². The van der Waals surface area contributed by atoms with Crippen LogP contribution in [0.15, 0.2) is 36.4 Å². The molecule has 2 rings (SSSR count). The minimum Gasteiger partial charge on any atom is -0.376 e. The molecule has 0 aliphatic heterocycles. The number of benzene rings is 2. The number of rotatable bonds is 5. The lowest BCUT2D eigenvalue weighted by Crippen LogP contribution is -2.23. The van der Waals surface area contributed by atoms with Crippen molar-refractivity contribution in [3.05, 3.63) is 58.4 Å². The SMILES string of the molecule is CNC(=O)c1cccc(NCC(=O)Nc2ccc(F)c(Cl)c2)c1C. The van der Waals surface area contributed by atoms with E-state index in [0.717, 1.165) is 5.56 Å². The number of carbonyl (C=O) groups is 2. The molecule has 5 nitrogen and oxygen atoms in total. The molecule has 0 unspecified atom stereocenters. The Hall–Kier alpha value is -2.60. The van der Waals surface area contributed by atoms with E-state index in [4.69, 9.17) is 11.6 Å². The van der Waals surface area contributed by atoms with Crippen molar-refractivity contribution in [2.75, 3.05) is 24.2 Å². The van der Waals surface area contributed by atoms with Crippen LogP contribution in [0.4, 0.5) is 15.8 Å². The van der Waals surface area contributed by atoms with Crippen molar-refractivity contribution in [3.63, 3.8) is 0 Å². The van der Waals surface area contributed by atoms with Crippen molar-refractivity contribution in [1.82, 2.24) is 5.32 Å². The van der Waals surface area contributed by atoms with Crippen LogP contribution in [-0.2, 0) is 4.79 Å². The molecule has 0 heterocycles. The highest BCUT2D eigenvalue weighted by atomic mass is 35.5. The highest BCUT2D eigenvalue weighted by molar-refractivity contribution is 6.31. The summed E-state index contributed by atoms with van der Waals surface area (Å²) in [6, 6.07) is 9.17. The summed E-state index contributed by atoms with van der Waals surface area (Å²) < 4.78 is 13.1. The summed E-state index contributed by atoms with van der Waals surface area (Å²) in [5, 5.41) is 8.10. The molecular weight excluding hydrogens is 333 g/mol. The molecule has 0 saturated carbocycles. The van der Waals surface area contributed by atoms with Gasteiger partial charge in [-0.15, -0.1) is 0 Å². The fourth-order valence-corrected chi connectivity index (χ4v) is 2.34. The Morgan fingerprint density at radius 2 is 1.96 bits per heavy atom. The number of carbonyl (C=O) groups excluding carboxylic acids is 2. The van der Waals surface area contributed by atoms with Crippen LogP contribution in [0.2, 0.25) is 5.02 Å². The van der Waals surface area contributed by atoms with Crippen LogP contribution in [0.5, 0.6) is 0 Å². The Morgan fingerprint density at radius 3 is 2.62 bits per heavy atom. The zero-order valence-corrected chi connectivity index (χ0v) is 14.0. The van der Waals surface area contributed by atoms with E-state index in [1.165, 1.54) is 18.2 Å². The number of amides is 2. The lowest BCUT2D eigenvalue weighted by atomic mass is 10.1. The highest BCUT2D eigenvalue weighted by Gasteiger charge is 2.11. The molecule has 0 fully saturated rings. The summed E-state index contributed by atoms with van der Waals surface area (Å²) in [5.41, 5.74) is 2.37. The van der Waals surface area contributed by atoms with Crippen LogP contribution < -0.4 is 16.0 Å². The van der Waals surface area contributed by atoms with E-state index < -0.39 is 5.82 Å². The first-order valence-corrected chi connectivity index (χ1v) is 7.60. The van der Waals surface area contributed by atoms with Gasteiger partial charge >= 0.3 is 0 Å². The predicted molar refractivity (Wildman–Crippen MR) is 93.1 cm³/mol. The maximum atomic E-state index is 13.1. The van der Waals surface area contributed by atoms with Gasteiger partial charge in [0.25, 0.3) is 5.91 Å². The third-order valence-corrected chi connectivity index (χ3v) is 3.74. The lowest BCUT2D eigenvalue weighted by molar-refractivity contribution is -0.114. The first-order chi connectivity index (χ1) is 11.4. The predicted octanol–water partition coefficient (Wildman–Crippen LogP) is 3.20. The van der Waals surface area contributed by atoms with Gasteiger partial charge in [0.1, 0.15) is 5.82 Å². The van der Waals surface area contributed by atoms with Gasteiger partial charge in [-0.3, -0.25) is 9.59 Å². The van der Waals surface area contributed by atoms with Crippen molar-refractivity contribution in [3.8, 4) is 0 Å². The summed E-state index contributed by atoms with van der Waals surface area (Å²) >= 11 is 5.67. The molecule has 0 aliphatic rings. The maximum Gasteiger partial charge on any atom is 0.251 e. The van der Waals surface area contributed by atoms with Gasteiger partial charge in [0.15, 0.2) is 0 Å². The topological polar surface area (TPSA) is 70.2 Å². The lowest BCUT2D eigenvalue weighted by Gasteiger charge is -2.13. The second kappa shape index (κ2) is 7.79. The van der Waals surface area contributed by atoms with Gasteiger partial charge in [0.2, 0.25) is 5.91 Å². The van der Waals surface area contributed by atoms with Gasteiger partial charge in [-0.1, -0.05) is 17.7 Å². The normalized spacial score (nSPS) is 10.2. The third-order valence-electron chi connectivity index (χ3n) is 3.45. The van der Waals surface area contributed by atoms with Crippen LogP contribution >= 0.6 is 11.6 Å². The zero-order valence-electron chi connectivity index (χ0n) is 13.2. The van der Waals surface area contributed by atoms with E-state index in [1.54, 1.807) is 32.2 Å². The van der Waals surface area contributed by atoms with E-state index in [2.05, 4.69) is 16.0 Å². The monoisotopic (exact) mass is 349 g/mol. The van der Waals surface area contributed by atoms with Gasteiger partial charge in [0.05, 0.1) is 11.6 Å². The van der Waals surface area contributed by atoms with Crippen molar-refractivity contribution in [2.45, 2.75) is 6.92 Å². The van der Waals surface area contributed by atoms with Gasteiger partial charge < -0.3 is 16.0 Å². The number of nitrogens with one attached hydrogen (secondary N) is 3.